The van der Waals surface area contributed by atoms with E-state index >= 15 is 0 Å². The quantitative estimate of drug-likeness (QED) is 0.760. The van der Waals surface area contributed by atoms with E-state index in [9.17, 15) is 0 Å². The maximum atomic E-state index is 5.75. The van der Waals surface area contributed by atoms with Crippen molar-refractivity contribution in [2.24, 2.45) is 0 Å². The Kier molecular flexibility index (Phi) is 3.04. The van der Waals surface area contributed by atoms with Crippen LogP contribution in [-0.4, -0.2) is 26.5 Å². The van der Waals surface area contributed by atoms with Crippen molar-refractivity contribution < 1.29 is 0 Å². The highest BCUT2D eigenvalue weighted by atomic mass is 32.1. The van der Waals surface area contributed by atoms with Gasteiger partial charge in [0.05, 0.1) is 12.9 Å². The molecule has 0 aliphatic rings. The van der Waals surface area contributed by atoms with Crippen LogP contribution in [0.1, 0.15) is 11.8 Å². The first-order valence-corrected chi connectivity index (χ1v) is 6.90. The largest absolute Gasteiger partial charge is 0.368 e. The van der Waals surface area contributed by atoms with E-state index in [-0.39, 0.29) is 5.95 Å². The van der Waals surface area contributed by atoms with Gasteiger partial charge in [-0.15, -0.1) is 11.3 Å². The van der Waals surface area contributed by atoms with E-state index in [4.69, 9.17) is 5.73 Å². The molecule has 0 atom stereocenters. The minimum atomic E-state index is 0.249. The monoisotopic (exact) mass is 274 g/mol. The second-order valence-electron chi connectivity index (χ2n) is 4.10. The van der Waals surface area contributed by atoms with E-state index in [1.54, 1.807) is 17.7 Å². The van der Waals surface area contributed by atoms with Crippen LogP contribution in [0.3, 0.4) is 0 Å². The Morgan fingerprint density at radius 1 is 1.42 bits per heavy atom. The smallest absolute Gasteiger partial charge is 0.224 e. The van der Waals surface area contributed by atoms with Crippen molar-refractivity contribution in [3.8, 4) is 0 Å². The highest BCUT2D eigenvalue weighted by Gasteiger charge is 2.15. The van der Waals surface area contributed by atoms with Crippen LogP contribution in [0.2, 0.25) is 0 Å². The molecule has 0 bridgehead atoms. The second-order valence-corrected chi connectivity index (χ2v) is 5.13. The lowest BCUT2D eigenvalue weighted by Gasteiger charge is -2.21. The number of H-pyrrole nitrogens is 1. The van der Waals surface area contributed by atoms with Crippen molar-refractivity contribution in [1.82, 2.24) is 19.9 Å². The van der Waals surface area contributed by atoms with Crippen LogP contribution in [0.15, 0.2) is 23.8 Å². The van der Waals surface area contributed by atoms with Gasteiger partial charge in [0.1, 0.15) is 5.52 Å². The summed E-state index contributed by atoms with van der Waals surface area (Å²) in [7, 11) is 0. The number of nitrogen functional groups attached to an aromatic ring is 1. The Morgan fingerprint density at radius 3 is 3.05 bits per heavy atom. The zero-order valence-electron chi connectivity index (χ0n) is 10.5. The first-order chi connectivity index (χ1) is 9.28. The van der Waals surface area contributed by atoms with Gasteiger partial charge < -0.3 is 15.6 Å². The number of thiophene rings is 1. The number of fused-ring (bicyclic) bond motifs is 1. The Balaban J connectivity index is 2.03. The third kappa shape index (κ3) is 2.24. The molecule has 3 N–H and O–H groups in total. The van der Waals surface area contributed by atoms with Crippen LogP contribution < -0.4 is 10.6 Å². The van der Waals surface area contributed by atoms with Gasteiger partial charge in [0.25, 0.3) is 0 Å². The van der Waals surface area contributed by atoms with Crippen molar-refractivity contribution in [2.75, 3.05) is 17.2 Å². The van der Waals surface area contributed by atoms with E-state index in [0.717, 1.165) is 24.4 Å². The van der Waals surface area contributed by atoms with Crippen LogP contribution in [0.4, 0.5) is 11.8 Å². The number of nitrogens with two attached hydrogens (primary N) is 1. The van der Waals surface area contributed by atoms with Gasteiger partial charge in [0.15, 0.2) is 11.5 Å². The summed E-state index contributed by atoms with van der Waals surface area (Å²) in [6.45, 7) is 3.73. The van der Waals surface area contributed by atoms with E-state index in [2.05, 4.69) is 43.2 Å². The van der Waals surface area contributed by atoms with Gasteiger partial charge >= 0.3 is 0 Å². The molecular weight excluding hydrogens is 260 g/mol. The summed E-state index contributed by atoms with van der Waals surface area (Å²) in [5.74, 6) is 1.05. The maximum absolute atomic E-state index is 5.75. The van der Waals surface area contributed by atoms with Crippen molar-refractivity contribution in [2.45, 2.75) is 13.5 Å². The normalized spacial score (nSPS) is 11.0. The minimum absolute atomic E-state index is 0.249. The molecular formula is C12H14N6S. The molecule has 19 heavy (non-hydrogen) atoms. The highest BCUT2D eigenvalue weighted by molar-refractivity contribution is 7.09. The Bertz CT molecular complexity index is 675. The topological polar surface area (TPSA) is 83.7 Å². The predicted octanol–water partition coefficient (Wildman–Crippen LogP) is 2.02. The van der Waals surface area contributed by atoms with Crippen molar-refractivity contribution in [3.05, 3.63) is 28.7 Å². The molecule has 3 aromatic rings. The minimum Gasteiger partial charge on any atom is -0.368 e. The summed E-state index contributed by atoms with van der Waals surface area (Å²) in [4.78, 5) is 19.1. The maximum Gasteiger partial charge on any atom is 0.224 e. The van der Waals surface area contributed by atoms with Gasteiger partial charge in [0, 0.05) is 11.4 Å². The van der Waals surface area contributed by atoms with Gasteiger partial charge in [-0.1, -0.05) is 6.07 Å². The first kappa shape index (κ1) is 11.9. The number of aromatic amines is 1. The lowest BCUT2D eigenvalue weighted by molar-refractivity contribution is 0.826. The summed E-state index contributed by atoms with van der Waals surface area (Å²) in [5, 5.41) is 2.07. The summed E-state index contributed by atoms with van der Waals surface area (Å²) >= 11 is 1.73. The SMILES string of the molecule is CCN(Cc1cccs1)c1nc(N)nc2nc[nH]c12. The number of nitrogens with zero attached hydrogens (tertiary/aromatic N) is 4. The van der Waals surface area contributed by atoms with Gasteiger partial charge in [0.2, 0.25) is 5.95 Å². The number of hydrogen-bond acceptors (Lipinski definition) is 6. The number of nitrogens with one attached hydrogen (secondary N) is 1. The highest BCUT2D eigenvalue weighted by Crippen LogP contribution is 2.24. The lowest BCUT2D eigenvalue weighted by Crippen LogP contribution is -2.23. The van der Waals surface area contributed by atoms with Crippen LogP contribution in [0.25, 0.3) is 11.2 Å². The summed E-state index contributed by atoms with van der Waals surface area (Å²) < 4.78 is 0. The number of aromatic nitrogens is 4. The summed E-state index contributed by atoms with van der Waals surface area (Å²) in [6.07, 6.45) is 1.61. The van der Waals surface area contributed by atoms with Crippen molar-refractivity contribution in [3.63, 3.8) is 0 Å². The molecule has 0 saturated heterocycles. The molecule has 0 aliphatic carbocycles. The van der Waals surface area contributed by atoms with Crippen molar-refractivity contribution >= 4 is 34.3 Å². The van der Waals surface area contributed by atoms with E-state index in [1.165, 1.54) is 4.88 Å². The number of rotatable bonds is 4. The number of hydrogen-bond donors (Lipinski definition) is 2. The van der Waals surface area contributed by atoms with Crippen LogP contribution in [0, 0.1) is 0 Å². The molecule has 3 aromatic heterocycles. The Morgan fingerprint density at radius 2 is 2.32 bits per heavy atom. The molecule has 6 nitrogen and oxygen atoms in total. The molecule has 3 rings (SSSR count). The second kappa shape index (κ2) is 4.85. The number of anilines is 2. The fourth-order valence-corrected chi connectivity index (χ4v) is 2.71. The molecule has 0 amide bonds. The molecule has 0 spiro atoms. The van der Waals surface area contributed by atoms with Crippen LogP contribution >= 0.6 is 11.3 Å². The van der Waals surface area contributed by atoms with E-state index in [0.29, 0.717) is 5.65 Å². The molecule has 3 heterocycles. The van der Waals surface area contributed by atoms with Gasteiger partial charge in [-0.25, -0.2) is 4.98 Å². The number of imidazole rings is 1. The summed E-state index contributed by atoms with van der Waals surface area (Å²) in [6, 6.07) is 4.16. The standard InChI is InChI=1S/C12H14N6S/c1-2-18(6-8-4-3-5-19-8)11-9-10(15-7-14-9)16-12(13)17-11/h3-5,7H,2,6H2,1H3,(H3,13,14,15,16,17). The molecule has 0 radical (unpaired) electrons. The zero-order chi connectivity index (χ0) is 13.2. The third-order valence-corrected chi connectivity index (χ3v) is 3.75. The van der Waals surface area contributed by atoms with Gasteiger partial charge in [-0.2, -0.15) is 9.97 Å². The summed E-state index contributed by atoms with van der Waals surface area (Å²) in [5.41, 5.74) is 7.18. The Labute approximate surface area is 114 Å². The van der Waals surface area contributed by atoms with Gasteiger partial charge in [-0.3, -0.25) is 0 Å². The predicted molar refractivity (Wildman–Crippen MR) is 77.1 cm³/mol. The molecule has 0 aromatic carbocycles. The average Bonchev–Trinajstić information content (AvgIpc) is 3.05. The molecule has 7 heteroatoms. The molecule has 0 aliphatic heterocycles. The zero-order valence-corrected chi connectivity index (χ0v) is 11.3. The fourth-order valence-electron chi connectivity index (χ4n) is 1.99. The average molecular weight is 274 g/mol. The molecule has 0 fully saturated rings. The fraction of sp³-hybridized carbons (Fsp3) is 0.250. The molecule has 0 saturated carbocycles. The van der Waals surface area contributed by atoms with Crippen LogP contribution in [-0.2, 0) is 6.54 Å². The third-order valence-electron chi connectivity index (χ3n) is 2.89. The lowest BCUT2D eigenvalue weighted by atomic mass is 10.3. The Hall–Kier alpha value is -2.15. The van der Waals surface area contributed by atoms with Gasteiger partial charge in [-0.05, 0) is 18.4 Å². The molecule has 98 valence electrons. The van der Waals surface area contributed by atoms with Crippen molar-refractivity contribution in [1.29, 1.82) is 0 Å². The first-order valence-electron chi connectivity index (χ1n) is 6.02. The van der Waals surface area contributed by atoms with Crippen LogP contribution in [0.5, 0.6) is 0 Å². The van der Waals surface area contributed by atoms with E-state index in [1.807, 2.05) is 6.07 Å². The molecule has 0 unspecified atom stereocenters. The van der Waals surface area contributed by atoms with E-state index < -0.39 is 0 Å².